The van der Waals surface area contributed by atoms with Gasteiger partial charge in [-0.3, -0.25) is 9.59 Å². The van der Waals surface area contributed by atoms with Crippen molar-refractivity contribution in [2.75, 3.05) is 9.80 Å². The number of anilines is 2. The smallest absolute Gasteiger partial charge is 0.258 e. The maximum atomic E-state index is 13.5. The number of para-hydroxylation sites is 1. The Balaban J connectivity index is 1.80. The lowest BCUT2D eigenvalue weighted by Crippen LogP contribution is -2.47. The molecule has 1 aliphatic rings. The molecular weight excluding hydrogens is 476 g/mol. The molecule has 170 valence electrons. The van der Waals surface area contributed by atoms with E-state index in [1.807, 2.05) is 82.6 Å². The van der Waals surface area contributed by atoms with E-state index in [9.17, 15) is 9.59 Å². The van der Waals surface area contributed by atoms with Crippen LogP contribution in [0.1, 0.15) is 61.5 Å². The second kappa shape index (κ2) is 10.3. The van der Waals surface area contributed by atoms with Crippen LogP contribution in [0.5, 0.6) is 0 Å². The number of nitrogens with zero attached hydrogens (tertiary/aromatic N) is 2. The van der Waals surface area contributed by atoms with Crippen LogP contribution in [0.4, 0.5) is 11.4 Å². The molecule has 2 atom stereocenters. The molecule has 33 heavy (non-hydrogen) atoms. The fourth-order valence-electron chi connectivity index (χ4n) is 4.61. The molecule has 4 nitrogen and oxygen atoms in total. The van der Waals surface area contributed by atoms with Gasteiger partial charge in [0.15, 0.2) is 0 Å². The fraction of sp³-hybridized carbons (Fsp3) is 0.286. The van der Waals surface area contributed by atoms with Crippen molar-refractivity contribution in [2.24, 2.45) is 0 Å². The third kappa shape index (κ3) is 4.88. The summed E-state index contributed by atoms with van der Waals surface area (Å²) in [4.78, 5) is 30.8. The minimum atomic E-state index is -0.154. The number of hydrogen-bond acceptors (Lipinski definition) is 2. The van der Waals surface area contributed by atoms with Crippen LogP contribution in [0.25, 0.3) is 0 Å². The molecule has 4 rings (SSSR count). The lowest BCUT2D eigenvalue weighted by Gasteiger charge is -2.43. The highest BCUT2D eigenvalue weighted by Crippen LogP contribution is 2.44. The highest BCUT2D eigenvalue weighted by molar-refractivity contribution is 9.10. The number of unbranched alkanes of at least 4 members (excludes halogenated alkanes) is 1. The van der Waals surface area contributed by atoms with E-state index >= 15 is 0 Å². The van der Waals surface area contributed by atoms with Crippen molar-refractivity contribution in [3.8, 4) is 0 Å². The molecule has 1 aliphatic heterocycles. The van der Waals surface area contributed by atoms with Crippen molar-refractivity contribution in [3.05, 3.63) is 94.5 Å². The third-order valence-corrected chi connectivity index (χ3v) is 6.70. The van der Waals surface area contributed by atoms with Gasteiger partial charge in [-0.1, -0.05) is 65.7 Å². The lowest BCUT2D eigenvalue weighted by atomic mass is 9.89. The maximum absolute atomic E-state index is 13.5. The van der Waals surface area contributed by atoms with Gasteiger partial charge < -0.3 is 9.80 Å². The molecule has 0 aromatic heterocycles. The molecule has 2 unspecified atom stereocenters. The van der Waals surface area contributed by atoms with Gasteiger partial charge in [0.05, 0.1) is 6.04 Å². The van der Waals surface area contributed by atoms with Gasteiger partial charge in [0, 0.05) is 33.9 Å². The Bertz CT molecular complexity index is 1120. The lowest BCUT2D eigenvalue weighted by molar-refractivity contribution is -0.119. The number of amides is 2. The van der Waals surface area contributed by atoms with Crippen molar-refractivity contribution in [2.45, 2.75) is 51.6 Å². The van der Waals surface area contributed by atoms with Gasteiger partial charge in [-0.15, -0.1) is 0 Å². The van der Waals surface area contributed by atoms with Gasteiger partial charge >= 0.3 is 0 Å². The zero-order valence-electron chi connectivity index (χ0n) is 19.1. The van der Waals surface area contributed by atoms with E-state index in [-0.39, 0.29) is 23.9 Å². The van der Waals surface area contributed by atoms with Gasteiger partial charge in [-0.25, -0.2) is 0 Å². The van der Waals surface area contributed by atoms with Crippen LogP contribution < -0.4 is 9.80 Å². The second-order valence-corrected chi connectivity index (χ2v) is 9.46. The molecule has 5 heteroatoms. The highest BCUT2D eigenvalue weighted by Gasteiger charge is 2.38. The Morgan fingerprint density at radius 2 is 1.67 bits per heavy atom. The van der Waals surface area contributed by atoms with E-state index in [4.69, 9.17) is 0 Å². The quantitative estimate of drug-likeness (QED) is 0.357. The van der Waals surface area contributed by atoms with Crippen LogP contribution in [0, 0.1) is 0 Å². The van der Waals surface area contributed by atoms with Crippen LogP contribution in [0.2, 0.25) is 0 Å². The average Bonchev–Trinajstić information content (AvgIpc) is 2.84. The Kier molecular flexibility index (Phi) is 7.29. The summed E-state index contributed by atoms with van der Waals surface area (Å²) in [6, 6.07) is 25.1. The van der Waals surface area contributed by atoms with Crippen LogP contribution in [0.15, 0.2) is 83.3 Å². The number of benzene rings is 3. The summed E-state index contributed by atoms with van der Waals surface area (Å²) in [5.41, 5.74) is 3.40. The summed E-state index contributed by atoms with van der Waals surface area (Å²) in [6.45, 7) is 4.17. The first-order valence-corrected chi connectivity index (χ1v) is 12.4. The molecular formula is C28H29BrN2O2. The minimum Gasteiger partial charge on any atom is -0.305 e. The van der Waals surface area contributed by atoms with Gasteiger partial charge in [0.2, 0.25) is 5.91 Å². The normalized spacial score (nSPS) is 17.4. The minimum absolute atomic E-state index is 0.0197. The molecule has 0 saturated heterocycles. The van der Waals surface area contributed by atoms with E-state index in [2.05, 4.69) is 35.8 Å². The Morgan fingerprint density at radius 1 is 1.00 bits per heavy atom. The van der Waals surface area contributed by atoms with Gasteiger partial charge in [-0.05, 0) is 67.8 Å². The van der Waals surface area contributed by atoms with E-state index < -0.39 is 0 Å². The predicted octanol–water partition coefficient (Wildman–Crippen LogP) is 7.15. The summed E-state index contributed by atoms with van der Waals surface area (Å²) in [6.07, 6.45) is 2.99. The third-order valence-electron chi connectivity index (χ3n) is 6.21. The maximum Gasteiger partial charge on any atom is 0.258 e. The van der Waals surface area contributed by atoms with Crippen molar-refractivity contribution in [1.82, 2.24) is 0 Å². The first-order valence-electron chi connectivity index (χ1n) is 11.6. The number of halogens is 1. The largest absolute Gasteiger partial charge is 0.305 e. The molecule has 0 bridgehead atoms. The average molecular weight is 505 g/mol. The van der Waals surface area contributed by atoms with Gasteiger partial charge in [0.1, 0.15) is 0 Å². The summed E-state index contributed by atoms with van der Waals surface area (Å²) in [7, 11) is 0. The number of fused-ring (bicyclic) bond motifs is 1. The van der Waals surface area contributed by atoms with E-state index in [0.717, 1.165) is 34.3 Å². The zero-order chi connectivity index (χ0) is 23.4. The molecule has 0 saturated carbocycles. The molecule has 3 aromatic rings. The summed E-state index contributed by atoms with van der Waals surface area (Å²) in [5.74, 6) is 0.0997. The first-order chi connectivity index (χ1) is 16.0. The van der Waals surface area contributed by atoms with E-state index in [1.54, 1.807) is 0 Å². The fourth-order valence-corrected chi connectivity index (χ4v) is 4.99. The molecule has 0 aliphatic carbocycles. The Hall–Kier alpha value is -2.92. The highest BCUT2D eigenvalue weighted by atomic mass is 79.9. The summed E-state index contributed by atoms with van der Waals surface area (Å²) in [5, 5.41) is 0. The zero-order valence-corrected chi connectivity index (χ0v) is 20.7. The molecule has 3 aromatic carbocycles. The van der Waals surface area contributed by atoms with Crippen LogP contribution in [-0.4, -0.2) is 17.9 Å². The van der Waals surface area contributed by atoms with Crippen molar-refractivity contribution >= 4 is 39.1 Å². The SMILES string of the molecule is CCCCC(=O)N(c1ccccc1)C1CC(C)N(C(=O)c2ccccc2)c2ccc(Br)cc21. The molecule has 0 spiro atoms. The molecule has 1 heterocycles. The van der Waals surface area contributed by atoms with Crippen LogP contribution >= 0.6 is 15.9 Å². The van der Waals surface area contributed by atoms with Crippen molar-refractivity contribution in [3.63, 3.8) is 0 Å². The number of carbonyl (C=O) groups excluding carboxylic acids is 2. The van der Waals surface area contributed by atoms with E-state index in [1.165, 1.54) is 0 Å². The van der Waals surface area contributed by atoms with Crippen LogP contribution in [-0.2, 0) is 4.79 Å². The Labute approximate surface area is 204 Å². The predicted molar refractivity (Wildman–Crippen MR) is 138 cm³/mol. The van der Waals surface area contributed by atoms with Crippen molar-refractivity contribution < 1.29 is 9.59 Å². The topological polar surface area (TPSA) is 40.6 Å². The van der Waals surface area contributed by atoms with Gasteiger partial charge in [-0.2, -0.15) is 0 Å². The first kappa shape index (κ1) is 23.2. The summed E-state index contributed by atoms with van der Waals surface area (Å²) < 4.78 is 0.932. The summed E-state index contributed by atoms with van der Waals surface area (Å²) >= 11 is 3.61. The van der Waals surface area contributed by atoms with Crippen molar-refractivity contribution in [1.29, 1.82) is 0 Å². The number of hydrogen-bond donors (Lipinski definition) is 0. The standard InChI is InChI=1S/C28H29BrN2O2/c1-3-4-15-27(32)31(23-13-9-6-10-14-23)26-18-20(2)30(25-17-16-22(29)19-24(25)26)28(33)21-11-7-5-8-12-21/h5-14,16-17,19-20,26H,3-4,15,18H2,1-2H3. The molecule has 0 N–H and O–H groups in total. The van der Waals surface area contributed by atoms with Gasteiger partial charge in [0.25, 0.3) is 5.91 Å². The Morgan fingerprint density at radius 3 is 2.33 bits per heavy atom. The monoisotopic (exact) mass is 504 g/mol. The number of rotatable bonds is 6. The second-order valence-electron chi connectivity index (χ2n) is 8.55. The molecule has 0 radical (unpaired) electrons. The number of carbonyl (C=O) groups is 2. The molecule has 2 amide bonds. The molecule has 0 fully saturated rings. The van der Waals surface area contributed by atoms with Crippen LogP contribution in [0.3, 0.4) is 0 Å². The van der Waals surface area contributed by atoms with E-state index in [0.29, 0.717) is 18.4 Å².